The zero-order valence-electron chi connectivity index (χ0n) is 9.15. The summed E-state index contributed by atoms with van der Waals surface area (Å²) in [4.78, 5) is 10.1. The molecule has 0 spiro atoms. The lowest BCUT2D eigenvalue weighted by atomic mass is 10.1. The van der Waals surface area contributed by atoms with Crippen LogP contribution in [0.1, 0.15) is 15.9 Å². The average Bonchev–Trinajstić information content (AvgIpc) is 2.13. The largest absolute Gasteiger partial charge is 0.478 e. The number of rotatable bonds is 3. The van der Waals surface area contributed by atoms with E-state index in [9.17, 15) is 26.4 Å². The molecule has 0 atom stereocenters. The molecule has 0 aromatic heterocycles. The topological polar surface area (TPSA) is 71.4 Å². The molecule has 100 valence electrons. The Kier molecular flexibility index (Phi) is 3.70. The van der Waals surface area contributed by atoms with Crippen LogP contribution < -0.4 is 0 Å². The fourth-order valence-corrected chi connectivity index (χ4v) is 2.49. The summed E-state index contributed by atoms with van der Waals surface area (Å²) in [5.41, 5.74) is -0.0632. The number of carboxylic acids is 1. The normalized spacial score (nSPS) is 12.4. The highest BCUT2D eigenvalue weighted by Crippen LogP contribution is 2.24. The number of carboxylic acid groups (broad SMARTS) is 1. The molecule has 0 saturated heterocycles. The van der Waals surface area contributed by atoms with Crippen molar-refractivity contribution in [1.29, 1.82) is 0 Å². The Balaban J connectivity index is 3.27. The van der Waals surface area contributed by atoms with Gasteiger partial charge >= 0.3 is 12.1 Å². The molecule has 8 heteroatoms. The van der Waals surface area contributed by atoms with Crippen molar-refractivity contribution in [3.05, 3.63) is 29.3 Å². The van der Waals surface area contributed by atoms with Crippen LogP contribution >= 0.6 is 0 Å². The van der Waals surface area contributed by atoms with E-state index in [1.807, 2.05) is 0 Å². The summed E-state index contributed by atoms with van der Waals surface area (Å²) in [5.74, 6) is -3.40. The first-order valence-corrected chi connectivity index (χ1v) is 6.31. The van der Waals surface area contributed by atoms with Crippen LogP contribution in [0, 0.1) is 6.92 Å². The first-order chi connectivity index (χ1) is 8.03. The summed E-state index contributed by atoms with van der Waals surface area (Å²) < 4.78 is 59.1. The van der Waals surface area contributed by atoms with Crippen molar-refractivity contribution in [3.63, 3.8) is 0 Å². The minimum atomic E-state index is -4.87. The molecule has 0 heterocycles. The second kappa shape index (κ2) is 4.60. The van der Waals surface area contributed by atoms with Crippen LogP contribution in [0.5, 0.6) is 0 Å². The van der Waals surface area contributed by atoms with E-state index in [0.29, 0.717) is 0 Å². The van der Waals surface area contributed by atoms with Crippen molar-refractivity contribution in [3.8, 4) is 0 Å². The Morgan fingerprint density at radius 3 is 2.33 bits per heavy atom. The lowest BCUT2D eigenvalue weighted by Crippen LogP contribution is -2.23. The smallest absolute Gasteiger partial charge is 0.403 e. The minimum absolute atomic E-state index is 0.272. The van der Waals surface area contributed by atoms with Crippen molar-refractivity contribution >= 4 is 15.8 Å². The number of aromatic carboxylic acids is 1. The SMILES string of the molecule is Cc1ccc(S(=O)(=O)CC(F)(F)F)cc1C(=O)O. The Bertz CT molecular complexity index is 575. The molecular weight excluding hydrogens is 273 g/mol. The van der Waals surface area contributed by atoms with Crippen LogP contribution in [0.25, 0.3) is 0 Å². The van der Waals surface area contributed by atoms with Gasteiger partial charge in [-0.1, -0.05) is 6.07 Å². The maximum Gasteiger partial charge on any atom is 0.403 e. The molecule has 1 aromatic carbocycles. The monoisotopic (exact) mass is 282 g/mol. The van der Waals surface area contributed by atoms with Gasteiger partial charge in [0.2, 0.25) is 0 Å². The fourth-order valence-electron chi connectivity index (χ4n) is 1.32. The Labute approximate surface area is 101 Å². The first kappa shape index (κ1) is 14.5. The zero-order valence-corrected chi connectivity index (χ0v) is 9.97. The molecule has 1 aromatic rings. The van der Waals surface area contributed by atoms with E-state index >= 15 is 0 Å². The van der Waals surface area contributed by atoms with Crippen LogP contribution in [0.4, 0.5) is 13.2 Å². The van der Waals surface area contributed by atoms with E-state index in [2.05, 4.69) is 0 Å². The van der Waals surface area contributed by atoms with Gasteiger partial charge in [-0.25, -0.2) is 13.2 Å². The van der Waals surface area contributed by atoms with E-state index in [-0.39, 0.29) is 11.1 Å². The third kappa shape index (κ3) is 3.46. The summed E-state index contributed by atoms with van der Waals surface area (Å²) in [6.45, 7) is 1.42. The quantitative estimate of drug-likeness (QED) is 0.920. The molecule has 0 saturated carbocycles. The molecule has 0 amide bonds. The van der Waals surface area contributed by atoms with E-state index in [4.69, 9.17) is 5.11 Å². The van der Waals surface area contributed by atoms with Crippen LogP contribution in [0.3, 0.4) is 0 Å². The van der Waals surface area contributed by atoms with Gasteiger partial charge in [-0.3, -0.25) is 0 Å². The predicted octanol–water partition coefficient (Wildman–Crippen LogP) is 2.03. The Morgan fingerprint density at radius 1 is 1.33 bits per heavy atom. The highest BCUT2D eigenvalue weighted by molar-refractivity contribution is 7.91. The molecule has 0 aliphatic heterocycles. The number of hydrogen-bond donors (Lipinski definition) is 1. The molecule has 1 N–H and O–H groups in total. The van der Waals surface area contributed by atoms with Gasteiger partial charge in [-0.15, -0.1) is 0 Å². The van der Waals surface area contributed by atoms with E-state index < -0.39 is 32.6 Å². The van der Waals surface area contributed by atoms with Crippen molar-refractivity contribution in [2.24, 2.45) is 0 Å². The van der Waals surface area contributed by atoms with Crippen LogP contribution in [-0.2, 0) is 9.84 Å². The van der Waals surface area contributed by atoms with Gasteiger partial charge in [-0.05, 0) is 24.6 Å². The van der Waals surface area contributed by atoms with Gasteiger partial charge in [0.25, 0.3) is 0 Å². The predicted molar refractivity (Wildman–Crippen MR) is 56.2 cm³/mol. The maximum absolute atomic E-state index is 12.1. The Morgan fingerprint density at radius 2 is 1.89 bits per heavy atom. The molecule has 18 heavy (non-hydrogen) atoms. The molecule has 0 unspecified atom stereocenters. The minimum Gasteiger partial charge on any atom is -0.478 e. The van der Waals surface area contributed by atoms with Crippen LogP contribution in [-0.4, -0.2) is 31.4 Å². The fraction of sp³-hybridized carbons (Fsp3) is 0.300. The van der Waals surface area contributed by atoms with Crippen molar-refractivity contribution in [1.82, 2.24) is 0 Å². The highest BCUT2D eigenvalue weighted by Gasteiger charge is 2.36. The second-order valence-corrected chi connectivity index (χ2v) is 5.65. The van der Waals surface area contributed by atoms with Crippen molar-refractivity contribution < 1.29 is 31.5 Å². The number of hydrogen-bond acceptors (Lipinski definition) is 3. The summed E-state index contributed by atoms with van der Waals surface area (Å²) in [6.07, 6.45) is -4.87. The van der Waals surface area contributed by atoms with Gasteiger partial charge in [-0.2, -0.15) is 13.2 Å². The van der Waals surface area contributed by atoms with Gasteiger partial charge in [0.05, 0.1) is 10.5 Å². The standard InChI is InChI=1S/C10H9F3O4S/c1-6-2-3-7(4-8(6)9(14)15)18(16,17)5-10(11,12)13/h2-4H,5H2,1H3,(H,14,15). The summed E-state index contributed by atoms with van der Waals surface area (Å²) in [7, 11) is -4.58. The van der Waals surface area contributed by atoms with Gasteiger partial charge in [0.1, 0.15) is 0 Å². The van der Waals surface area contributed by atoms with Crippen molar-refractivity contribution in [2.75, 3.05) is 5.75 Å². The number of sulfone groups is 1. The molecule has 0 bridgehead atoms. The molecule has 1 rings (SSSR count). The molecule has 0 aliphatic carbocycles. The number of benzene rings is 1. The first-order valence-electron chi connectivity index (χ1n) is 4.66. The van der Waals surface area contributed by atoms with E-state index in [1.165, 1.54) is 6.92 Å². The molecule has 0 aliphatic rings. The van der Waals surface area contributed by atoms with Gasteiger partial charge in [0.15, 0.2) is 15.6 Å². The van der Waals surface area contributed by atoms with Gasteiger partial charge in [0, 0.05) is 0 Å². The van der Waals surface area contributed by atoms with Crippen LogP contribution in [0.15, 0.2) is 23.1 Å². The number of halogens is 3. The third-order valence-corrected chi connectivity index (χ3v) is 3.83. The second-order valence-electron chi connectivity index (χ2n) is 3.66. The van der Waals surface area contributed by atoms with Crippen LogP contribution in [0.2, 0.25) is 0 Å². The average molecular weight is 282 g/mol. The maximum atomic E-state index is 12.1. The number of carbonyl (C=O) groups is 1. The van der Waals surface area contributed by atoms with E-state index in [1.54, 1.807) is 0 Å². The molecule has 4 nitrogen and oxygen atoms in total. The number of aryl methyl sites for hydroxylation is 1. The summed E-state index contributed by atoms with van der Waals surface area (Å²) >= 11 is 0. The lowest BCUT2D eigenvalue weighted by Gasteiger charge is -2.09. The molecular formula is C10H9F3O4S. The van der Waals surface area contributed by atoms with E-state index in [0.717, 1.165) is 18.2 Å². The molecule has 0 fully saturated rings. The van der Waals surface area contributed by atoms with Crippen molar-refractivity contribution in [2.45, 2.75) is 18.0 Å². The summed E-state index contributed by atoms with van der Waals surface area (Å²) in [6, 6.07) is 2.86. The highest BCUT2D eigenvalue weighted by atomic mass is 32.2. The summed E-state index contributed by atoms with van der Waals surface area (Å²) in [5, 5.41) is 8.77. The zero-order chi connectivity index (χ0) is 14.1. The number of alkyl halides is 3. The van der Waals surface area contributed by atoms with Gasteiger partial charge < -0.3 is 5.11 Å². The lowest BCUT2D eigenvalue weighted by molar-refractivity contribution is -0.106. The Hall–Kier alpha value is -1.57. The molecule has 0 radical (unpaired) electrons. The third-order valence-electron chi connectivity index (χ3n) is 2.15.